The van der Waals surface area contributed by atoms with Gasteiger partial charge in [-0.25, -0.2) is 0 Å². The molecular weight excluding hydrogens is 180 g/mol. The van der Waals surface area contributed by atoms with Gasteiger partial charge in [0.25, 0.3) is 0 Å². The molecule has 0 unspecified atom stereocenters. The van der Waals surface area contributed by atoms with Crippen molar-refractivity contribution in [3.8, 4) is 0 Å². The Bertz CT molecular complexity index is 128. The zero-order valence-corrected chi connectivity index (χ0v) is 9.90. The van der Waals surface area contributed by atoms with Gasteiger partial charge in [-0.15, -0.1) is 11.8 Å². The first-order valence-electron chi connectivity index (χ1n) is 5.32. The van der Waals surface area contributed by atoms with Crippen molar-refractivity contribution in [2.24, 2.45) is 17.8 Å². The molecule has 3 atom stereocenters. The topological polar surface area (TPSA) is 9.23 Å². The van der Waals surface area contributed by atoms with Crippen LogP contribution in [0.1, 0.15) is 33.1 Å². The first kappa shape index (κ1) is 11.4. The molecule has 0 heterocycles. The van der Waals surface area contributed by atoms with Crippen LogP contribution >= 0.6 is 11.8 Å². The monoisotopic (exact) mass is 202 g/mol. The molecule has 0 aromatic carbocycles. The summed E-state index contributed by atoms with van der Waals surface area (Å²) in [7, 11) is 0. The van der Waals surface area contributed by atoms with Crippen LogP contribution in [0.15, 0.2) is 0 Å². The Hall–Kier alpha value is 0.310. The van der Waals surface area contributed by atoms with E-state index in [0.29, 0.717) is 0 Å². The van der Waals surface area contributed by atoms with Crippen LogP contribution in [0.4, 0.5) is 0 Å². The van der Waals surface area contributed by atoms with E-state index in [-0.39, 0.29) is 0 Å². The van der Waals surface area contributed by atoms with E-state index in [1.165, 1.54) is 19.3 Å². The second-order valence-corrected chi connectivity index (χ2v) is 5.14. The fourth-order valence-electron chi connectivity index (χ4n) is 2.35. The van der Waals surface area contributed by atoms with E-state index in [1.807, 2.05) is 0 Å². The molecule has 0 radical (unpaired) electrons. The van der Waals surface area contributed by atoms with E-state index in [0.717, 1.165) is 30.3 Å². The maximum Gasteiger partial charge on any atom is 0.0918 e. The Kier molecular flexibility index (Phi) is 5.18. The van der Waals surface area contributed by atoms with Crippen LogP contribution in [0.5, 0.6) is 0 Å². The Labute approximate surface area is 86.6 Å². The molecule has 0 N–H and O–H groups in total. The van der Waals surface area contributed by atoms with Gasteiger partial charge in [-0.1, -0.05) is 33.1 Å². The molecule has 1 saturated carbocycles. The Balaban J connectivity index is 2.26. The number of hydrogen-bond donors (Lipinski definition) is 0. The second kappa shape index (κ2) is 5.92. The highest BCUT2D eigenvalue weighted by Crippen LogP contribution is 2.34. The van der Waals surface area contributed by atoms with E-state index in [2.05, 4.69) is 20.1 Å². The molecule has 1 aliphatic carbocycles. The van der Waals surface area contributed by atoms with Gasteiger partial charge in [-0.2, -0.15) is 0 Å². The quantitative estimate of drug-likeness (QED) is 0.510. The van der Waals surface area contributed by atoms with Gasteiger partial charge in [0.1, 0.15) is 0 Å². The molecule has 0 spiro atoms. The maximum atomic E-state index is 5.63. The Morgan fingerprint density at radius 3 is 2.38 bits per heavy atom. The minimum atomic E-state index is 0.806. The SMILES string of the molecule is CSCOC[C@H]1[C@H](C)CCC[C@@H]1C. The fourth-order valence-corrected chi connectivity index (χ4v) is 2.61. The molecule has 0 bridgehead atoms. The van der Waals surface area contributed by atoms with Gasteiger partial charge in [0.15, 0.2) is 0 Å². The lowest BCUT2D eigenvalue weighted by atomic mass is 9.74. The van der Waals surface area contributed by atoms with Crippen molar-refractivity contribution in [1.82, 2.24) is 0 Å². The third kappa shape index (κ3) is 3.51. The van der Waals surface area contributed by atoms with E-state index < -0.39 is 0 Å². The highest BCUT2D eigenvalue weighted by molar-refractivity contribution is 7.98. The van der Waals surface area contributed by atoms with Crippen LogP contribution in [0.25, 0.3) is 0 Å². The minimum absolute atomic E-state index is 0.806. The molecule has 1 nitrogen and oxygen atoms in total. The van der Waals surface area contributed by atoms with Crippen LogP contribution in [0.2, 0.25) is 0 Å². The summed E-state index contributed by atoms with van der Waals surface area (Å²) in [5, 5.41) is 0. The molecule has 0 aromatic rings. The van der Waals surface area contributed by atoms with Crippen molar-refractivity contribution < 1.29 is 4.74 Å². The van der Waals surface area contributed by atoms with Crippen molar-refractivity contribution in [1.29, 1.82) is 0 Å². The maximum absolute atomic E-state index is 5.63. The number of thioether (sulfide) groups is 1. The van der Waals surface area contributed by atoms with E-state index >= 15 is 0 Å². The molecule has 13 heavy (non-hydrogen) atoms. The molecule has 1 rings (SSSR count). The van der Waals surface area contributed by atoms with E-state index in [9.17, 15) is 0 Å². The molecule has 2 heteroatoms. The Morgan fingerprint density at radius 2 is 1.85 bits per heavy atom. The fraction of sp³-hybridized carbons (Fsp3) is 1.00. The Morgan fingerprint density at radius 1 is 1.23 bits per heavy atom. The lowest BCUT2D eigenvalue weighted by Gasteiger charge is -2.34. The summed E-state index contributed by atoms with van der Waals surface area (Å²) in [6, 6.07) is 0. The molecule has 0 amide bonds. The van der Waals surface area contributed by atoms with Crippen molar-refractivity contribution >= 4 is 11.8 Å². The third-order valence-corrected chi connectivity index (χ3v) is 3.69. The number of rotatable bonds is 4. The van der Waals surface area contributed by atoms with Crippen molar-refractivity contribution in [2.75, 3.05) is 18.8 Å². The average Bonchev–Trinajstić information content (AvgIpc) is 2.10. The van der Waals surface area contributed by atoms with Gasteiger partial charge in [-0.3, -0.25) is 0 Å². The molecule has 0 saturated heterocycles. The summed E-state index contributed by atoms with van der Waals surface area (Å²) in [6.07, 6.45) is 6.31. The predicted octanol–water partition coefficient (Wildman–Crippen LogP) is 3.40. The molecule has 0 aliphatic heterocycles. The highest BCUT2D eigenvalue weighted by atomic mass is 32.2. The number of hydrogen-bond acceptors (Lipinski definition) is 2. The molecule has 1 aliphatic rings. The second-order valence-electron chi connectivity index (χ2n) is 4.33. The molecular formula is C11H22OS. The molecule has 1 fully saturated rings. The van der Waals surface area contributed by atoms with Crippen LogP contribution in [0, 0.1) is 17.8 Å². The summed E-state index contributed by atoms with van der Waals surface area (Å²) in [5.41, 5.74) is 0. The zero-order chi connectivity index (χ0) is 9.68. The molecule has 78 valence electrons. The first-order chi connectivity index (χ1) is 6.25. The summed E-state index contributed by atoms with van der Waals surface area (Å²) in [6.45, 7) is 5.73. The van der Waals surface area contributed by atoms with Crippen LogP contribution in [-0.4, -0.2) is 18.8 Å². The van der Waals surface area contributed by atoms with Gasteiger partial charge >= 0.3 is 0 Å². The standard InChI is InChI=1S/C11H22OS/c1-9-5-4-6-10(2)11(9)7-12-8-13-3/h9-11H,4-8H2,1-3H3/t9-,10+,11+. The van der Waals surface area contributed by atoms with Crippen LogP contribution in [-0.2, 0) is 4.74 Å². The first-order valence-corrected chi connectivity index (χ1v) is 6.71. The minimum Gasteiger partial charge on any atom is -0.371 e. The molecule has 0 aromatic heterocycles. The smallest absolute Gasteiger partial charge is 0.0918 e. The summed E-state index contributed by atoms with van der Waals surface area (Å²) < 4.78 is 5.63. The van der Waals surface area contributed by atoms with Crippen molar-refractivity contribution in [3.05, 3.63) is 0 Å². The highest BCUT2D eigenvalue weighted by Gasteiger charge is 2.27. The summed E-state index contributed by atoms with van der Waals surface area (Å²) >= 11 is 1.77. The predicted molar refractivity (Wildman–Crippen MR) is 60.0 cm³/mol. The van der Waals surface area contributed by atoms with E-state index in [1.54, 1.807) is 11.8 Å². The average molecular weight is 202 g/mol. The van der Waals surface area contributed by atoms with Gasteiger partial charge in [-0.05, 0) is 24.0 Å². The summed E-state index contributed by atoms with van der Waals surface area (Å²) in [5.74, 6) is 3.40. The van der Waals surface area contributed by atoms with Crippen LogP contribution < -0.4 is 0 Å². The van der Waals surface area contributed by atoms with Crippen molar-refractivity contribution in [3.63, 3.8) is 0 Å². The zero-order valence-electron chi connectivity index (χ0n) is 9.08. The van der Waals surface area contributed by atoms with Gasteiger partial charge in [0.2, 0.25) is 0 Å². The normalized spacial score (nSPS) is 34.8. The lowest BCUT2D eigenvalue weighted by Crippen LogP contribution is -2.28. The lowest BCUT2D eigenvalue weighted by molar-refractivity contribution is 0.0597. The largest absolute Gasteiger partial charge is 0.371 e. The van der Waals surface area contributed by atoms with E-state index in [4.69, 9.17) is 4.74 Å². The van der Waals surface area contributed by atoms with Crippen LogP contribution in [0.3, 0.4) is 0 Å². The summed E-state index contributed by atoms with van der Waals surface area (Å²) in [4.78, 5) is 0. The van der Waals surface area contributed by atoms with Gasteiger partial charge in [0, 0.05) is 0 Å². The van der Waals surface area contributed by atoms with Gasteiger partial charge in [0.05, 0.1) is 12.5 Å². The van der Waals surface area contributed by atoms with Gasteiger partial charge < -0.3 is 4.74 Å². The van der Waals surface area contributed by atoms with Crippen molar-refractivity contribution in [2.45, 2.75) is 33.1 Å². The third-order valence-electron chi connectivity index (χ3n) is 3.29. The number of ether oxygens (including phenoxy) is 1.